The van der Waals surface area contributed by atoms with E-state index in [1.165, 1.54) is 7.11 Å². The molecule has 2 heterocycles. The Hall–Kier alpha value is -3.18. The lowest BCUT2D eigenvalue weighted by Gasteiger charge is -2.27. The van der Waals surface area contributed by atoms with E-state index in [1.807, 2.05) is 16.9 Å². The highest BCUT2D eigenvalue weighted by Crippen LogP contribution is 2.41. The molecule has 0 aliphatic carbocycles. The molecule has 3 rings (SSSR count). The summed E-state index contributed by atoms with van der Waals surface area (Å²) in [5, 5.41) is 31.0. The van der Waals surface area contributed by atoms with Crippen molar-refractivity contribution in [2.24, 2.45) is 5.73 Å². The molecular formula is C21H34N8O3. The van der Waals surface area contributed by atoms with E-state index in [1.54, 1.807) is 12.1 Å². The minimum absolute atomic E-state index is 0.0611. The van der Waals surface area contributed by atoms with Gasteiger partial charge in [-0.3, -0.25) is 10.0 Å². The minimum atomic E-state index is -0.296. The molecule has 0 fully saturated rings. The van der Waals surface area contributed by atoms with E-state index in [2.05, 4.69) is 48.8 Å². The summed E-state index contributed by atoms with van der Waals surface area (Å²) in [5.41, 5.74) is 10.6. The number of hydrazine groups is 2. The predicted octanol–water partition coefficient (Wildman–Crippen LogP) is 2.13. The van der Waals surface area contributed by atoms with E-state index in [0.717, 1.165) is 11.5 Å². The molecule has 1 aliphatic heterocycles. The number of phenols is 2. The standard InChI is InChI=1S/C21H34N8O3/c1-11(2)28-16-19(23-10-14-7-8-15(32-6)18(31)17(14)30)25-21(24-9-13(5)22)26-20(16)29(27-28)12(3)4/h7-8,11-13,27,30-31H,9-10,22H2,1-6H3,(H2,23,24,25,26). The summed E-state index contributed by atoms with van der Waals surface area (Å²) in [5.74, 6) is 1.44. The molecule has 0 saturated heterocycles. The number of anilines is 4. The van der Waals surface area contributed by atoms with E-state index in [9.17, 15) is 10.2 Å². The molecule has 1 unspecified atom stereocenters. The van der Waals surface area contributed by atoms with E-state index in [0.29, 0.717) is 23.9 Å². The van der Waals surface area contributed by atoms with Gasteiger partial charge < -0.3 is 31.3 Å². The molecule has 0 amide bonds. The van der Waals surface area contributed by atoms with Gasteiger partial charge in [0.15, 0.2) is 23.1 Å². The average molecular weight is 447 g/mol. The van der Waals surface area contributed by atoms with Crippen LogP contribution in [0.3, 0.4) is 0 Å². The minimum Gasteiger partial charge on any atom is -0.504 e. The molecule has 11 heteroatoms. The number of nitrogens with one attached hydrogen (secondary N) is 3. The second-order valence-electron chi connectivity index (χ2n) is 8.43. The first-order valence-electron chi connectivity index (χ1n) is 10.7. The van der Waals surface area contributed by atoms with Gasteiger partial charge in [0, 0.05) is 36.8 Å². The normalized spacial score (nSPS) is 14.2. The lowest BCUT2D eigenvalue weighted by molar-refractivity contribution is 0.349. The van der Waals surface area contributed by atoms with Crippen LogP contribution >= 0.6 is 0 Å². The van der Waals surface area contributed by atoms with Crippen molar-refractivity contribution in [1.82, 2.24) is 15.5 Å². The molecule has 1 aliphatic rings. The van der Waals surface area contributed by atoms with Gasteiger partial charge in [-0.1, -0.05) is 0 Å². The lowest BCUT2D eigenvalue weighted by Crippen LogP contribution is -2.50. The van der Waals surface area contributed by atoms with Crippen molar-refractivity contribution < 1.29 is 14.9 Å². The van der Waals surface area contributed by atoms with Crippen molar-refractivity contribution in [3.63, 3.8) is 0 Å². The number of rotatable bonds is 9. The maximum absolute atomic E-state index is 10.4. The topological polar surface area (TPSA) is 144 Å². The molecule has 176 valence electrons. The lowest BCUT2D eigenvalue weighted by atomic mass is 10.1. The second kappa shape index (κ2) is 9.53. The molecule has 1 aromatic heterocycles. The zero-order valence-corrected chi connectivity index (χ0v) is 19.5. The second-order valence-corrected chi connectivity index (χ2v) is 8.43. The van der Waals surface area contributed by atoms with Gasteiger partial charge in [0.2, 0.25) is 11.7 Å². The predicted molar refractivity (Wildman–Crippen MR) is 126 cm³/mol. The number of benzene rings is 1. The van der Waals surface area contributed by atoms with Crippen molar-refractivity contribution in [2.45, 2.75) is 59.3 Å². The third kappa shape index (κ3) is 4.68. The summed E-state index contributed by atoms with van der Waals surface area (Å²) in [4.78, 5) is 9.41. The van der Waals surface area contributed by atoms with Crippen LogP contribution in [0.4, 0.5) is 23.3 Å². The molecule has 0 bridgehead atoms. The van der Waals surface area contributed by atoms with Crippen LogP contribution in [0.5, 0.6) is 17.2 Å². The average Bonchev–Trinajstić information content (AvgIpc) is 3.13. The van der Waals surface area contributed by atoms with Gasteiger partial charge in [0.05, 0.1) is 7.11 Å². The zero-order chi connectivity index (χ0) is 23.6. The fraction of sp³-hybridized carbons (Fsp3) is 0.524. The largest absolute Gasteiger partial charge is 0.504 e. The number of methoxy groups -OCH3 is 1. The summed E-state index contributed by atoms with van der Waals surface area (Å²) in [7, 11) is 1.43. The van der Waals surface area contributed by atoms with Gasteiger partial charge in [-0.15, -0.1) is 5.53 Å². The van der Waals surface area contributed by atoms with Gasteiger partial charge in [-0.2, -0.15) is 9.97 Å². The zero-order valence-electron chi connectivity index (χ0n) is 19.5. The van der Waals surface area contributed by atoms with Crippen molar-refractivity contribution in [3.8, 4) is 17.2 Å². The number of phenolic OH excluding ortho intramolecular Hbond substituents is 2. The molecular weight excluding hydrogens is 412 g/mol. The highest BCUT2D eigenvalue weighted by Gasteiger charge is 2.34. The fourth-order valence-electron chi connectivity index (χ4n) is 3.32. The Morgan fingerprint density at radius 1 is 1.03 bits per heavy atom. The quantitative estimate of drug-likeness (QED) is 0.315. The van der Waals surface area contributed by atoms with Gasteiger partial charge >= 0.3 is 0 Å². The maximum atomic E-state index is 10.4. The van der Waals surface area contributed by atoms with Gasteiger partial charge in [0.1, 0.15) is 5.69 Å². The molecule has 0 saturated carbocycles. The summed E-state index contributed by atoms with van der Waals surface area (Å²) in [6, 6.07) is 3.51. The maximum Gasteiger partial charge on any atom is 0.226 e. The van der Waals surface area contributed by atoms with E-state index in [4.69, 9.17) is 15.5 Å². The molecule has 0 radical (unpaired) electrons. The first kappa shape index (κ1) is 23.5. The number of hydrogen-bond donors (Lipinski definition) is 6. The molecule has 7 N–H and O–H groups in total. The number of fused-ring (bicyclic) bond motifs is 1. The van der Waals surface area contributed by atoms with E-state index >= 15 is 0 Å². The van der Waals surface area contributed by atoms with Crippen LogP contribution in [-0.4, -0.2) is 52.0 Å². The van der Waals surface area contributed by atoms with Crippen molar-refractivity contribution in [2.75, 3.05) is 34.3 Å². The number of aromatic nitrogens is 2. The van der Waals surface area contributed by atoms with Crippen molar-refractivity contribution in [3.05, 3.63) is 17.7 Å². The fourth-order valence-corrected chi connectivity index (χ4v) is 3.32. The first-order valence-corrected chi connectivity index (χ1v) is 10.7. The summed E-state index contributed by atoms with van der Waals surface area (Å²) < 4.78 is 5.05. The molecule has 11 nitrogen and oxygen atoms in total. The highest BCUT2D eigenvalue weighted by atomic mass is 16.5. The number of hydrogen-bond acceptors (Lipinski definition) is 11. The van der Waals surface area contributed by atoms with E-state index in [-0.39, 0.29) is 41.9 Å². The Kier molecular flexibility index (Phi) is 6.99. The summed E-state index contributed by atoms with van der Waals surface area (Å²) >= 11 is 0. The Labute approximate surface area is 188 Å². The van der Waals surface area contributed by atoms with Crippen LogP contribution in [0, 0.1) is 0 Å². The molecule has 32 heavy (non-hydrogen) atoms. The van der Waals surface area contributed by atoms with E-state index < -0.39 is 0 Å². The molecule has 1 atom stereocenters. The summed E-state index contributed by atoms with van der Waals surface area (Å²) in [6.07, 6.45) is 0. The first-order chi connectivity index (χ1) is 15.1. The number of nitrogens with two attached hydrogens (primary N) is 1. The van der Waals surface area contributed by atoms with Gasteiger partial charge in [0.25, 0.3) is 0 Å². The molecule has 2 aromatic rings. The smallest absolute Gasteiger partial charge is 0.226 e. The number of nitrogens with zero attached hydrogens (tertiary/aromatic N) is 4. The Morgan fingerprint density at radius 3 is 2.31 bits per heavy atom. The Morgan fingerprint density at radius 2 is 1.72 bits per heavy atom. The van der Waals surface area contributed by atoms with Crippen LogP contribution < -0.4 is 36.7 Å². The molecule has 0 spiro atoms. The third-order valence-electron chi connectivity index (χ3n) is 5.03. The Balaban J connectivity index is 2.00. The van der Waals surface area contributed by atoms with Crippen LogP contribution in [0.2, 0.25) is 0 Å². The van der Waals surface area contributed by atoms with Gasteiger partial charge in [-0.05, 0) is 46.8 Å². The van der Waals surface area contributed by atoms with Crippen LogP contribution in [0.25, 0.3) is 0 Å². The number of aromatic hydroxyl groups is 2. The highest BCUT2D eigenvalue weighted by molar-refractivity contribution is 5.83. The SMILES string of the molecule is COc1ccc(CNc2nc(NCC(C)N)nc3c2N(C(C)C)NN3C(C)C)c(O)c1O. The van der Waals surface area contributed by atoms with Gasteiger partial charge in [-0.25, -0.2) is 0 Å². The summed E-state index contributed by atoms with van der Waals surface area (Å²) in [6.45, 7) is 10.9. The monoisotopic (exact) mass is 446 g/mol. The third-order valence-corrected chi connectivity index (χ3v) is 5.03. The van der Waals surface area contributed by atoms with Crippen LogP contribution in [0.15, 0.2) is 12.1 Å². The van der Waals surface area contributed by atoms with Crippen LogP contribution in [0.1, 0.15) is 40.2 Å². The van der Waals surface area contributed by atoms with Crippen LogP contribution in [-0.2, 0) is 6.54 Å². The van der Waals surface area contributed by atoms with Crippen molar-refractivity contribution >= 4 is 23.3 Å². The Bertz CT molecular complexity index is 951. The number of ether oxygens (including phenoxy) is 1. The molecule has 1 aromatic carbocycles. The van der Waals surface area contributed by atoms with Crippen molar-refractivity contribution in [1.29, 1.82) is 0 Å².